The van der Waals surface area contributed by atoms with Crippen molar-refractivity contribution < 1.29 is 18.9 Å². The Kier molecular flexibility index (Phi) is 13.0. The Hall–Kier alpha value is -4.10. The molecule has 6 fully saturated rings. The van der Waals surface area contributed by atoms with Crippen molar-refractivity contribution in [3.8, 4) is 0 Å². The van der Waals surface area contributed by atoms with Gasteiger partial charge in [0.2, 0.25) is 0 Å². The molecule has 2 amide bonds. The topological polar surface area (TPSA) is 205 Å². The molecule has 2 aromatic carbocycles. The average molecular weight is 726 g/mol. The lowest BCUT2D eigenvalue weighted by atomic mass is 9.58. The van der Waals surface area contributed by atoms with Crippen molar-refractivity contribution in [1.29, 1.82) is 0 Å². The van der Waals surface area contributed by atoms with Crippen molar-refractivity contribution in [1.82, 2.24) is 10.6 Å². The summed E-state index contributed by atoms with van der Waals surface area (Å²) in [5.74, 6) is 1.27. The van der Waals surface area contributed by atoms with Gasteiger partial charge in [0.05, 0.1) is 0 Å². The molecule has 8 rings (SSSR count). The van der Waals surface area contributed by atoms with E-state index in [0.29, 0.717) is 49.9 Å². The molecule has 6 aliphatic carbocycles. The van der Waals surface area contributed by atoms with Crippen LogP contribution in [0.3, 0.4) is 0 Å². The molecule has 2 unspecified atom stereocenters. The van der Waals surface area contributed by atoms with Crippen molar-refractivity contribution >= 4 is 31.4 Å². The first kappa shape index (κ1) is 38.6. The molecule has 53 heavy (non-hydrogen) atoms. The van der Waals surface area contributed by atoms with Crippen LogP contribution in [0.5, 0.6) is 0 Å². The minimum atomic E-state index is -0.733. The molecule has 0 saturated heterocycles. The summed E-state index contributed by atoms with van der Waals surface area (Å²) in [5, 5.41) is 5.97. The van der Waals surface area contributed by atoms with Crippen LogP contribution < -0.4 is 33.6 Å². The van der Waals surface area contributed by atoms with E-state index in [4.69, 9.17) is 32.2 Å². The van der Waals surface area contributed by atoms with Crippen LogP contribution in [0.1, 0.15) is 135 Å². The molecule has 4 bridgehead atoms. The highest BCUT2D eigenvalue weighted by molar-refractivity contribution is 6.18. The second kappa shape index (κ2) is 17.8. The Labute approximate surface area is 315 Å². The van der Waals surface area contributed by atoms with E-state index in [-0.39, 0.29) is 34.6 Å². The molecule has 10 N–H and O–H groups in total. The fraction of sp³-hybridized carbons (Fsp3) is 0.600. The van der Waals surface area contributed by atoms with Gasteiger partial charge in [0.25, 0.3) is 11.8 Å². The third-order valence-corrected chi connectivity index (χ3v) is 12.6. The summed E-state index contributed by atoms with van der Waals surface area (Å²) in [6, 6.07) is 16.1. The second-order valence-electron chi connectivity index (χ2n) is 15.9. The standard InChI is InChI=1S/C40H58BN8O4/c42-37(43)46-25-1-3-33(48-35(50)29-5-9-31(10-6-29)39-19-13-27(14-20-39)15-21-39)52-41-53-34(4-2-26-47-38(44)45)49-36(51)30-7-11-32(12-8-30)40-22-16-28(17-23-40)18-24-40/h5-12,27-28,33-34H,1-4,13-26H2,(H,48,50)(H,49,51)(H4,42,43,46)(H4,44,45,47). The largest absolute Gasteiger partial charge is 0.491 e. The van der Waals surface area contributed by atoms with E-state index in [1.54, 1.807) is 0 Å². The summed E-state index contributed by atoms with van der Waals surface area (Å²) in [6.45, 7) is 0.751. The number of fused-ring (bicyclic) bond motifs is 6. The van der Waals surface area contributed by atoms with Crippen LogP contribution in [0.25, 0.3) is 0 Å². The lowest BCUT2D eigenvalue weighted by Crippen LogP contribution is -2.42. The van der Waals surface area contributed by atoms with Gasteiger partial charge in [-0.1, -0.05) is 24.3 Å². The average Bonchev–Trinajstić information content (AvgIpc) is 3.19. The van der Waals surface area contributed by atoms with E-state index in [2.05, 4.69) is 44.9 Å². The van der Waals surface area contributed by atoms with Crippen molar-refractivity contribution in [2.45, 2.75) is 126 Å². The Balaban J connectivity index is 1.06. The molecule has 2 atom stereocenters. The number of aliphatic imine (C=N–C) groups is 2. The first-order chi connectivity index (χ1) is 25.6. The highest BCUT2D eigenvalue weighted by Crippen LogP contribution is 2.52. The number of nitrogens with zero attached hydrogens (tertiary/aromatic N) is 2. The first-order valence-electron chi connectivity index (χ1n) is 19.7. The third-order valence-electron chi connectivity index (χ3n) is 12.6. The molecule has 13 heteroatoms. The van der Waals surface area contributed by atoms with Crippen molar-refractivity contribution in [2.75, 3.05) is 13.1 Å². The Morgan fingerprint density at radius 2 is 0.962 bits per heavy atom. The molecular formula is C40H58BN8O4. The lowest BCUT2D eigenvalue weighted by Gasteiger charge is -2.47. The molecule has 0 aromatic heterocycles. The van der Waals surface area contributed by atoms with Crippen LogP contribution in [-0.4, -0.2) is 57.0 Å². The van der Waals surface area contributed by atoms with Gasteiger partial charge in [-0.2, -0.15) is 0 Å². The van der Waals surface area contributed by atoms with Crippen LogP contribution in [0.2, 0.25) is 0 Å². The predicted octanol–water partition coefficient (Wildman–Crippen LogP) is 4.62. The van der Waals surface area contributed by atoms with Gasteiger partial charge in [0, 0.05) is 24.2 Å². The number of hydrogen-bond donors (Lipinski definition) is 6. The number of nitrogens with one attached hydrogen (secondary N) is 2. The molecule has 1 radical (unpaired) electrons. The van der Waals surface area contributed by atoms with Gasteiger partial charge in [-0.15, -0.1) is 0 Å². The molecule has 0 aliphatic heterocycles. The number of guanidine groups is 2. The van der Waals surface area contributed by atoms with Crippen LogP contribution in [0.15, 0.2) is 58.5 Å². The fourth-order valence-corrected chi connectivity index (χ4v) is 9.26. The van der Waals surface area contributed by atoms with Gasteiger partial charge in [0.15, 0.2) is 11.9 Å². The maximum absolute atomic E-state index is 13.4. The van der Waals surface area contributed by atoms with Crippen LogP contribution in [-0.2, 0) is 20.1 Å². The molecule has 12 nitrogen and oxygen atoms in total. The highest BCUT2D eigenvalue weighted by atomic mass is 16.6. The Morgan fingerprint density at radius 1 is 0.623 bits per heavy atom. The molecule has 285 valence electrons. The van der Waals surface area contributed by atoms with Gasteiger partial charge in [-0.05, 0) is 161 Å². The van der Waals surface area contributed by atoms with Crippen LogP contribution in [0, 0.1) is 11.8 Å². The van der Waals surface area contributed by atoms with Crippen molar-refractivity contribution in [3.63, 3.8) is 0 Å². The first-order valence-corrected chi connectivity index (χ1v) is 19.7. The lowest BCUT2D eigenvalue weighted by molar-refractivity contribution is 0.0602. The number of carbonyl (C=O) groups excluding carboxylic acids is 2. The molecule has 6 aliphatic rings. The minimum Gasteiger partial charge on any atom is -0.393 e. The zero-order chi connectivity index (χ0) is 37.3. The summed E-state index contributed by atoms with van der Waals surface area (Å²) in [7, 11) is 1.18. The fourth-order valence-electron chi connectivity index (χ4n) is 9.26. The van der Waals surface area contributed by atoms with Crippen molar-refractivity contribution in [2.24, 2.45) is 44.8 Å². The van der Waals surface area contributed by atoms with Gasteiger partial charge in [-0.25, -0.2) is 0 Å². The smallest absolute Gasteiger partial charge is 0.393 e. The predicted molar refractivity (Wildman–Crippen MR) is 209 cm³/mol. The maximum atomic E-state index is 13.4. The number of nitrogens with two attached hydrogens (primary N) is 4. The number of amides is 2. The number of rotatable bonds is 18. The quantitative estimate of drug-likeness (QED) is 0.0420. The summed E-state index contributed by atoms with van der Waals surface area (Å²) >= 11 is 0. The number of hydrogen-bond acceptors (Lipinski definition) is 6. The molecule has 0 heterocycles. The van der Waals surface area contributed by atoms with Crippen LogP contribution in [0.4, 0.5) is 0 Å². The maximum Gasteiger partial charge on any atom is 0.491 e. The van der Waals surface area contributed by atoms with E-state index >= 15 is 0 Å². The van der Waals surface area contributed by atoms with E-state index in [1.165, 1.54) is 95.9 Å². The normalized spacial score (nSPS) is 25.5. The van der Waals surface area contributed by atoms with Crippen LogP contribution >= 0.6 is 0 Å². The zero-order valence-electron chi connectivity index (χ0n) is 31.1. The SMILES string of the molecule is NC(N)=NCCCC(NC(=O)c1ccc(C23CCC(CC2)CC3)cc1)O[B]OC(CCCN=C(N)N)NC(=O)c1ccc(C23CCC(CC2)CC3)cc1. The van der Waals surface area contributed by atoms with E-state index in [9.17, 15) is 9.59 Å². The van der Waals surface area contributed by atoms with Gasteiger partial charge in [-0.3, -0.25) is 19.6 Å². The third kappa shape index (κ3) is 10.1. The molecule has 2 aromatic rings. The summed E-state index contributed by atoms with van der Waals surface area (Å²) in [5.41, 5.74) is 26.3. The van der Waals surface area contributed by atoms with E-state index < -0.39 is 12.5 Å². The highest BCUT2D eigenvalue weighted by Gasteiger charge is 2.42. The number of benzene rings is 2. The van der Waals surface area contributed by atoms with Gasteiger partial charge < -0.3 is 42.9 Å². The van der Waals surface area contributed by atoms with E-state index in [1.807, 2.05) is 24.3 Å². The molecular weight excluding hydrogens is 667 g/mol. The minimum absolute atomic E-state index is 0.00200. The second-order valence-corrected chi connectivity index (χ2v) is 15.9. The molecule has 6 saturated carbocycles. The monoisotopic (exact) mass is 725 g/mol. The molecule has 0 spiro atoms. The summed E-state index contributed by atoms with van der Waals surface area (Å²) in [4.78, 5) is 35.0. The Bertz CT molecular complexity index is 1430. The zero-order valence-corrected chi connectivity index (χ0v) is 31.1. The van der Waals surface area contributed by atoms with Gasteiger partial charge >= 0.3 is 7.69 Å². The summed E-state index contributed by atoms with van der Waals surface area (Å²) < 4.78 is 11.9. The number of carbonyl (C=O) groups is 2. The Morgan fingerprint density at radius 3 is 1.28 bits per heavy atom. The van der Waals surface area contributed by atoms with E-state index in [0.717, 1.165) is 11.8 Å². The van der Waals surface area contributed by atoms with Gasteiger partial charge in [0.1, 0.15) is 12.5 Å². The van der Waals surface area contributed by atoms with Crippen molar-refractivity contribution in [3.05, 3.63) is 70.8 Å². The summed E-state index contributed by atoms with van der Waals surface area (Å²) in [6.07, 6.45) is 15.7.